The Morgan fingerprint density at radius 1 is 1.30 bits per heavy atom. The van der Waals surface area contributed by atoms with E-state index in [1.165, 1.54) is 17.1 Å². The number of carbonyl (C=O) groups excluding carboxylic acids is 1. The van der Waals surface area contributed by atoms with Crippen molar-refractivity contribution in [2.45, 2.75) is 19.0 Å². The molecule has 1 aromatic heterocycles. The zero-order valence-electron chi connectivity index (χ0n) is 10.6. The van der Waals surface area contributed by atoms with Crippen molar-refractivity contribution in [1.29, 1.82) is 0 Å². The Labute approximate surface area is 115 Å². The fourth-order valence-corrected chi connectivity index (χ4v) is 1.75. The van der Waals surface area contributed by atoms with Crippen LogP contribution in [0.1, 0.15) is 5.56 Å². The predicted molar refractivity (Wildman–Crippen MR) is 69.7 cm³/mol. The largest absolute Gasteiger partial charge is 0.480 e. The van der Waals surface area contributed by atoms with Crippen LogP contribution in [0, 0.1) is 0 Å². The van der Waals surface area contributed by atoms with E-state index in [1.54, 1.807) is 0 Å². The number of carboxylic acids is 1. The Hall–Kier alpha value is -2.70. The van der Waals surface area contributed by atoms with E-state index in [4.69, 9.17) is 5.11 Å². The summed E-state index contributed by atoms with van der Waals surface area (Å²) in [7, 11) is 0. The number of aromatic nitrogens is 3. The molecular weight excluding hydrogens is 260 g/mol. The van der Waals surface area contributed by atoms with Gasteiger partial charge < -0.3 is 10.4 Å². The van der Waals surface area contributed by atoms with Crippen LogP contribution in [0.4, 0.5) is 0 Å². The lowest BCUT2D eigenvalue weighted by Crippen LogP contribution is -2.43. The smallest absolute Gasteiger partial charge is 0.326 e. The SMILES string of the molecule is O=C(Cn1ccnn1)NC(Cc1ccccc1)C(=O)O. The molecule has 0 aliphatic heterocycles. The van der Waals surface area contributed by atoms with Gasteiger partial charge in [-0.2, -0.15) is 0 Å². The number of benzene rings is 1. The summed E-state index contributed by atoms with van der Waals surface area (Å²) in [5.41, 5.74) is 0.848. The molecule has 7 heteroatoms. The first-order chi connectivity index (χ1) is 9.65. The van der Waals surface area contributed by atoms with Crippen LogP contribution in [-0.2, 0) is 22.6 Å². The lowest BCUT2D eigenvalue weighted by Gasteiger charge is -2.14. The quantitative estimate of drug-likeness (QED) is 0.778. The monoisotopic (exact) mass is 274 g/mol. The van der Waals surface area contributed by atoms with E-state index in [2.05, 4.69) is 15.6 Å². The van der Waals surface area contributed by atoms with Gasteiger partial charge in [0.1, 0.15) is 12.6 Å². The normalized spacial score (nSPS) is 11.8. The summed E-state index contributed by atoms with van der Waals surface area (Å²) in [5, 5.41) is 18.9. The molecule has 2 N–H and O–H groups in total. The lowest BCUT2D eigenvalue weighted by molar-refractivity contribution is -0.141. The van der Waals surface area contributed by atoms with E-state index in [9.17, 15) is 9.59 Å². The van der Waals surface area contributed by atoms with Gasteiger partial charge in [-0.15, -0.1) is 5.10 Å². The molecule has 0 bridgehead atoms. The number of hydrogen-bond acceptors (Lipinski definition) is 4. The molecule has 7 nitrogen and oxygen atoms in total. The zero-order valence-corrected chi connectivity index (χ0v) is 10.6. The molecule has 20 heavy (non-hydrogen) atoms. The van der Waals surface area contributed by atoms with Crippen molar-refractivity contribution in [3.63, 3.8) is 0 Å². The molecule has 0 spiro atoms. The summed E-state index contributed by atoms with van der Waals surface area (Å²) >= 11 is 0. The van der Waals surface area contributed by atoms with Crippen LogP contribution in [0.2, 0.25) is 0 Å². The van der Waals surface area contributed by atoms with Gasteiger partial charge in [0.2, 0.25) is 5.91 Å². The Morgan fingerprint density at radius 2 is 2.05 bits per heavy atom. The maximum Gasteiger partial charge on any atom is 0.326 e. The molecule has 0 saturated carbocycles. The summed E-state index contributed by atoms with van der Waals surface area (Å²) in [6.45, 7) is -0.0570. The van der Waals surface area contributed by atoms with Gasteiger partial charge in [-0.05, 0) is 5.56 Å². The Balaban J connectivity index is 1.95. The van der Waals surface area contributed by atoms with Gasteiger partial charge in [-0.25, -0.2) is 9.48 Å². The van der Waals surface area contributed by atoms with Crippen LogP contribution in [0.3, 0.4) is 0 Å². The summed E-state index contributed by atoms with van der Waals surface area (Å²) < 4.78 is 1.33. The molecule has 2 aromatic rings. The van der Waals surface area contributed by atoms with Gasteiger partial charge >= 0.3 is 5.97 Å². The molecule has 1 aromatic carbocycles. The first kappa shape index (κ1) is 13.7. The number of nitrogens with zero attached hydrogens (tertiary/aromatic N) is 3. The van der Waals surface area contributed by atoms with Crippen molar-refractivity contribution in [2.24, 2.45) is 0 Å². The van der Waals surface area contributed by atoms with E-state index in [0.717, 1.165) is 5.56 Å². The highest BCUT2D eigenvalue weighted by Crippen LogP contribution is 2.03. The van der Waals surface area contributed by atoms with Crippen molar-refractivity contribution in [2.75, 3.05) is 0 Å². The third-order valence-corrected chi connectivity index (χ3v) is 2.69. The van der Waals surface area contributed by atoms with Crippen molar-refractivity contribution >= 4 is 11.9 Å². The van der Waals surface area contributed by atoms with E-state index >= 15 is 0 Å². The minimum atomic E-state index is -1.07. The van der Waals surface area contributed by atoms with E-state index < -0.39 is 17.9 Å². The highest BCUT2D eigenvalue weighted by molar-refractivity contribution is 5.83. The molecular formula is C13H14N4O3. The van der Waals surface area contributed by atoms with E-state index in [-0.39, 0.29) is 13.0 Å². The number of carboxylic acid groups (broad SMARTS) is 1. The van der Waals surface area contributed by atoms with Crippen molar-refractivity contribution < 1.29 is 14.7 Å². The summed E-state index contributed by atoms with van der Waals surface area (Å²) in [4.78, 5) is 22.9. The second-order valence-corrected chi connectivity index (χ2v) is 4.25. The van der Waals surface area contributed by atoms with Crippen molar-refractivity contribution in [3.05, 3.63) is 48.3 Å². The van der Waals surface area contributed by atoms with Crippen molar-refractivity contribution in [1.82, 2.24) is 20.3 Å². The zero-order chi connectivity index (χ0) is 14.4. The molecule has 0 fully saturated rings. The first-order valence-corrected chi connectivity index (χ1v) is 6.05. The van der Waals surface area contributed by atoms with Crippen LogP contribution in [0.25, 0.3) is 0 Å². The van der Waals surface area contributed by atoms with Crippen LogP contribution in [0.15, 0.2) is 42.7 Å². The first-order valence-electron chi connectivity index (χ1n) is 6.05. The predicted octanol–water partition coefficient (Wildman–Crippen LogP) is 0.0902. The van der Waals surface area contributed by atoms with Gasteiger partial charge in [0.25, 0.3) is 0 Å². The molecule has 0 radical (unpaired) electrons. The van der Waals surface area contributed by atoms with Gasteiger partial charge in [-0.3, -0.25) is 4.79 Å². The highest BCUT2D eigenvalue weighted by Gasteiger charge is 2.20. The minimum absolute atomic E-state index is 0.0570. The number of hydrogen-bond donors (Lipinski definition) is 2. The lowest BCUT2D eigenvalue weighted by atomic mass is 10.1. The van der Waals surface area contributed by atoms with Crippen LogP contribution in [0.5, 0.6) is 0 Å². The molecule has 0 aliphatic rings. The molecule has 104 valence electrons. The topological polar surface area (TPSA) is 97.1 Å². The second kappa shape index (κ2) is 6.46. The number of carbonyl (C=O) groups is 2. The van der Waals surface area contributed by atoms with Crippen molar-refractivity contribution in [3.8, 4) is 0 Å². The Morgan fingerprint density at radius 3 is 2.65 bits per heavy atom. The highest BCUT2D eigenvalue weighted by atomic mass is 16.4. The molecule has 0 aliphatic carbocycles. The molecule has 2 rings (SSSR count). The molecule has 0 saturated heterocycles. The molecule has 1 heterocycles. The summed E-state index contributed by atoms with van der Waals surface area (Å²) in [5.74, 6) is -1.49. The Bertz CT molecular complexity index is 569. The number of rotatable bonds is 6. The number of amides is 1. The fraction of sp³-hybridized carbons (Fsp3) is 0.231. The van der Waals surface area contributed by atoms with Gasteiger partial charge in [0.15, 0.2) is 0 Å². The minimum Gasteiger partial charge on any atom is -0.480 e. The van der Waals surface area contributed by atoms with Gasteiger partial charge in [0.05, 0.1) is 6.20 Å². The average molecular weight is 274 g/mol. The maximum absolute atomic E-state index is 11.8. The molecule has 1 amide bonds. The van der Waals surface area contributed by atoms with Crippen LogP contribution < -0.4 is 5.32 Å². The average Bonchev–Trinajstić information content (AvgIpc) is 2.92. The third-order valence-electron chi connectivity index (χ3n) is 2.69. The summed E-state index contributed by atoms with van der Waals surface area (Å²) in [6.07, 6.45) is 3.22. The number of nitrogens with one attached hydrogen (secondary N) is 1. The standard InChI is InChI=1S/C13H14N4O3/c18-12(9-17-7-6-14-16-17)15-11(13(19)20)8-10-4-2-1-3-5-10/h1-7,11H,8-9H2,(H,15,18)(H,19,20). The fourth-order valence-electron chi connectivity index (χ4n) is 1.75. The van der Waals surface area contributed by atoms with E-state index in [1.807, 2.05) is 30.3 Å². The van der Waals surface area contributed by atoms with Crippen LogP contribution in [-0.4, -0.2) is 38.0 Å². The molecule has 1 atom stereocenters. The number of aliphatic carboxylic acids is 1. The van der Waals surface area contributed by atoms with Gasteiger partial charge in [0, 0.05) is 12.6 Å². The van der Waals surface area contributed by atoms with E-state index in [0.29, 0.717) is 0 Å². The summed E-state index contributed by atoms with van der Waals surface area (Å²) in [6, 6.07) is 8.17. The molecule has 1 unspecified atom stereocenters. The third kappa shape index (κ3) is 3.91. The van der Waals surface area contributed by atoms with Crippen LogP contribution >= 0.6 is 0 Å². The van der Waals surface area contributed by atoms with Gasteiger partial charge in [-0.1, -0.05) is 35.5 Å². The Kier molecular flexibility index (Phi) is 4.43. The second-order valence-electron chi connectivity index (χ2n) is 4.25. The maximum atomic E-state index is 11.8.